The van der Waals surface area contributed by atoms with Crippen molar-refractivity contribution in [1.29, 1.82) is 0 Å². The molecule has 1 aromatic rings. The summed E-state index contributed by atoms with van der Waals surface area (Å²) in [6.07, 6.45) is 2.43. The average molecular weight is 448 g/mol. The molecule has 6 heteroatoms. The minimum Gasteiger partial charge on any atom is -0.352 e. The van der Waals surface area contributed by atoms with Crippen molar-refractivity contribution < 1.29 is 4.39 Å². The lowest BCUT2D eigenvalue weighted by atomic mass is 9.99. The molecule has 1 saturated heterocycles. The molecule has 1 aliphatic heterocycles. The van der Waals surface area contributed by atoms with E-state index in [-0.39, 0.29) is 29.8 Å². The number of rotatable bonds is 4. The fourth-order valence-corrected chi connectivity index (χ4v) is 2.93. The first kappa shape index (κ1) is 21.2. The van der Waals surface area contributed by atoms with Gasteiger partial charge in [0.25, 0.3) is 0 Å². The molecule has 0 atom stereocenters. The summed E-state index contributed by atoms with van der Waals surface area (Å²) < 4.78 is 13.8. The lowest BCUT2D eigenvalue weighted by molar-refractivity contribution is 0.273. The van der Waals surface area contributed by atoms with Crippen molar-refractivity contribution in [2.45, 2.75) is 32.9 Å². The van der Waals surface area contributed by atoms with Crippen molar-refractivity contribution in [1.82, 2.24) is 15.1 Å². The molecule has 0 saturated carbocycles. The van der Waals surface area contributed by atoms with Crippen LogP contribution in [0, 0.1) is 11.7 Å². The summed E-state index contributed by atoms with van der Waals surface area (Å²) in [7, 11) is 5.72. The number of nitrogens with one attached hydrogen (secondary N) is 1. The number of halogens is 2. The fourth-order valence-electron chi connectivity index (χ4n) is 2.93. The number of benzene rings is 1. The summed E-state index contributed by atoms with van der Waals surface area (Å²) in [5, 5.41) is 3.41. The minimum absolute atomic E-state index is 0. The molecule has 1 N–H and O–H groups in total. The topological polar surface area (TPSA) is 30.9 Å². The second-order valence-corrected chi connectivity index (χ2v) is 6.73. The molecule has 1 aliphatic rings. The standard InChI is InChI=1S/C18H29FN4.HI/c1-14-7-9-23(10-8-14)18(20-2)21-12-15-5-6-17(19)16(11-15)13-22(3)4;/h5-6,11,14H,7-10,12-13H2,1-4H3,(H,20,21);1H. The van der Waals surface area contributed by atoms with Crippen LogP contribution in [0.1, 0.15) is 30.9 Å². The van der Waals surface area contributed by atoms with Crippen molar-refractivity contribution in [3.8, 4) is 0 Å². The zero-order chi connectivity index (χ0) is 16.8. The molecule has 0 aromatic heterocycles. The fraction of sp³-hybridized carbons (Fsp3) is 0.611. The van der Waals surface area contributed by atoms with Gasteiger partial charge in [0.15, 0.2) is 5.96 Å². The van der Waals surface area contributed by atoms with Crippen LogP contribution in [0.15, 0.2) is 23.2 Å². The van der Waals surface area contributed by atoms with Crippen LogP contribution < -0.4 is 5.32 Å². The average Bonchev–Trinajstić information content (AvgIpc) is 2.52. The molecule has 2 rings (SSSR count). The van der Waals surface area contributed by atoms with Gasteiger partial charge in [-0.25, -0.2) is 4.39 Å². The lowest BCUT2D eigenvalue weighted by Gasteiger charge is -2.33. The number of hydrogen-bond acceptors (Lipinski definition) is 2. The first-order valence-corrected chi connectivity index (χ1v) is 8.37. The van der Waals surface area contributed by atoms with Gasteiger partial charge >= 0.3 is 0 Å². The summed E-state index contributed by atoms with van der Waals surface area (Å²) >= 11 is 0. The largest absolute Gasteiger partial charge is 0.352 e. The maximum atomic E-state index is 13.8. The Bertz CT molecular complexity index is 540. The number of nitrogens with zero attached hydrogens (tertiary/aromatic N) is 3. The van der Waals surface area contributed by atoms with Crippen LogP contribution in [0.25, 0.3) is 0 Å². The summed E-state index contributed by atoms with van der Waals surface area (Å²) in [6, 6.07) is 5.34. The van der Waals surface area contributed by atoms with Crippen LogP contribution in [0.4, 0.5) is 4.39 Å². The highest BCUT2D eigenvalue weighted by atomic mass is 127. The number of guanidine groups is 1. The van der Waals surface area contributed by atoms with Crippen LogP contribution in [0.2, 0.25) is 0 Å². The molecule has 0 unspecified atom stereocenters. The number of aliphatic imine (C=N–C) groups is 1. The van der Waals surface area contributed by atoms with E-state index in [0.29, 0.717) is 13.1 Å². The van der Waals surface area contributed by atoms with E-state index < -0.39 is 0 Å². The highest BCUT2D eigenvalue weighted by Crippen LogP contribution is 2.16. The minimum atomic E-state index is -0.142. The second-order valence-electron chi connectivity index (χ2n) is 6.73. The summed E-state index contributed by atoms with van der Waals surface area (Å²) in [5.41, 5.74) is 1.81. The van der Waals surface area contributed by atoms with E-state index >= 15 is 0 Å². The first-order valence-electron chi connectivity index (χ1n) is 8.37. The van der Waals surface area contributed by atoms with Crippen LogP contribution in [-0.2, 0) is 13.1 Å². The van der Waals surface area contributed by atoms with Crippen molar-refractivity contribution in [3.63, 3.8) is 0 Å². The SMILES string of the molecule is CN=C(NCc1ccc(F)c(CN(C)C)c1)N1CCC(C)CC1.I. The zero-order valence-corrected chi connectivity index (χ0v) is 17.5. The Morgan fingerprint density at radius 1 is 1.33 bits per heavy atom. The van der Waals surface area contributed by atoms with Gasteiger partial charge in [-0.2, -0.15) is 0 Å². The van der Waals surface area contributed by atoms with Gasteiger partial charge in [-0.05, 0) is 50.6 Å². The first-order chi connectivity index (χ1) is 11.0. The summed E-state index contributed by atoms with van der Waals surface area (Å²) in [5.74, 6) is 1.60. The molecule has 0 bridgehead atoms. The van der Waals surface area contributed by atoms with Gasteiger partial charge in [-0.15, -0.1) is 24.0 Å². The summed E-state index contributed by atoms with van der Waals surface area (Å²) in [4.78, 5) is 8.67. The smallest absolute Gasteiger partial charge is 0.193 e. The quantitative estimate of drug-likeness (QED) is 0.436. The predicted octanol–water partition coefficient (Wildman–Crippen LogP) is 3.31. The van der Waals surface area contributed by atoms with Gasteiger partial charge in [0.05, 0.1) is 0 Å². The van der Waals surface area contributed by atoms with Gasteiger partial charge in [-0.3, -0.25) is 4.99 Å². The van der Waals surface area contributed by atoms with Crippen molar-refractivity contribution >= 4 is 29.9 Å². The Kier molecular flexibility index (Phi) is 8.97. The molecule has 1 heterocycles. The highest BCUT2D eigenvalue weighted by Gasteiger charge is 2.18. The highest BCUT2D eigenvalue weighted by molar-refractivity contribution is 14.0. The van der Waals surface area contributed by atoms with Crippen LogP contribution in [0.3, 0.4) is 0 Å². The van der Waals surface area contributed by atoms with Gasteiger partial charge < -0.3 is 15.1 Å². The molecule has 0 radical (unpaired) electrons. The maximum Gasteiger partial charge on any atom is 0.193 e. The predicted molar refractivity (Wildman–Crippen MR) is 109 cm³/mol. The second kappa shape index (κ2) is 10.2. The van der Waals surface area contributed by atoms with Crippen LogP contribution >= 0.6 is 24.0 Å². The number of likely N-dealkylation sites (tertiary alicyclic amines) is 1. The Hall–Kier alpha value is -0.890. The van der Waals surface area contributed by atoms with Crippen LogP contribution in [-0.4, -0.2) is 50.0 Å². The molecule has 4 nitrogen and oxygen atoms in total. The maximum absolute atomic E-state index is 13.8. The van der Waals surface area contributed by atoms with E-state index in [1.807, 2.05) is 38.2 Å². The lowest BCUT2D eigenvalue weighted by Crippen LogP contribution is -2.45. The molecule has 136 valence electrons. The molecular weight excluding hydrogens is 418 g/mol. The van der Waals surface area contributed by atoms with Gasteiger partial charge in [0.1, 0.15) is 5.82 Å². The van der Waals surface area contributed by atoms with Gasteiger partial charge in [0.2, 0.25) is 0 Å². The van der Waals surface area contributed by atoms with E-state index in [2.05, 4.69) is 22.1 Å². The monoisotopic (exact) mass is 448 g/mol. The molecule has 0 aliphatic carbocycles. The van der Waals surface area contributed by atoms with E-state index in [4.69, 9.17) is 0 Å². The third kappa shape index (κ3) is 6.20. The molecule has 24 heavy (non-hydrogen) atoms. The normalized spacial score (nSPS) is 16.2. The zero-order valence-electron chi connectivity index (χ0n) is 15.2. The molecule has 1 fully saturated rings. The van der Waals surface area contributed by atoms with E-state index in [0.717, 1.165) is 36.1 Å². The number of hydrogen-bond donors (Lipinski definition) is 1. The third-order valence-electron chi connectivity index (χ3n) is 4.34. The Morgan fingerprint density at radius 3 is 2.58 bits per heavy atom. The molecular formula is C18H30FIN4. The molecule has 0 spiro atoms. The van der Waals surface area contributed by atoms with Crippen molar-refractivity contribution in [2.75, 3.05) is 34.2 Å². The Balaban J connectivity index is 0.00000288. The Morgan fingerprint density at radius 2 is 2.00 bits per heavy atom. The Labute approximate surface area is 162 Å². The van der Waals surface area contributed by atoms with Crippen molar-refractivity contribution in [2.24, 2.45) is 10.9 Å². The third-order valence-corrected chi connectivity index (χ3v) is 4.34. The van der Waals surface area contributed by atoms with Crippen LogP contribution in [0.5, 0.6) is 0 Å². The van der Waals surface area contributed by atoms with E-state index in [1.165, 1.54) is 12.8 Å². The van der Waals surface area contributed by atoms with E-state index in [1.54, 1.807) is 6.07 Å². The molecule has 0 amide bonds. The van der Waals surface area contributed by atoms with Gasteiger partial charge in [-0.1, -0.05) is 13.0 Å². The van der Waals surface area contributed by atoms with Gasteiger partial charge in [0, 0.05) is 38.8 Å². The van der Waals surface area contributed by atoms with Crippen molar-refractivity contribution in [3.05, 3.63) is 35.1 Å². The molecule has 1 aromatic carbocycles. The van der Waals surface area contributed by atoms with E-state index in [9.17, 15) is 4.39 Å². The number of piperidine rings is 1. The summed E-state index contributed by atoms with van der Waals surface area (Å²) in [6.45, 7) is 5.68.